The van der Waals surface area contributed by atoms with Gasteiger partial charge in [-0.15, -0.1) is 0 Å². The van der Waals surface area contributed by atoms with Gasteiger partial charge < -0.3 is 10.1 Å². The lowest BCUT2D eigenvalue weighted by molar-refractivity contribution is 0.398. The van der Waals surface area contributed by atoms with Crippen LogP contribution < -0.4 is 10.1 Å². The van der Waals surface area contributed by atoms with E-state index in [0.717, 1.165) is 30.2 Å². The smallest absolute Gasteiger partial charge is 0.123 e. The number of para-hydroxylation sites is 1. The molecule has 0 amide bonds. The number of benzene rings is 2. The maximum absolute atomic E-state index is 5.96. The first-order valence-electron chi connectivity index (χ1n) is 7.35. The molecular weight excluding hydrogens is 282 g/mol. The van der Waals surface area contributed by atoms with Gasteiger partial charge in [0, 0.05) is 16.6 Å². The Bertz CT molecular complexity index is 553. The van der Waals surface area contributed by atoms with E-state index in [0.29, 0.717) is 0 Å². The van der Waals surface area contributed by atoms with Gasteiger partial charge in [0.1, 0.15) is 5.75 Å². The molecule has 21 heavy (non-hydrogen) atoms. The van der Waals surface area contributed by atoms with Gasteiger partial charge in [0.05, 0.1) is 7.11 Å². The summed E-state index contributed by atoms with van der Waals surface area (Å²) in [6.45, 7) is 3.16. The van der Waals surface area contributed by atoms with Crippen LogP contribution in [0, 0.1) is 0 Å². The highest BCUT2D eigenvalue weighted by molar-refractivity contribution is 6.30. The van der Waals surface area contributed by atoms with E-state index in [1.807, 2.05) is 24.3 Å². The van der Waals surface area contributed by atoms with Gasteiger partial charge >= 0.3 is 0 Å². The molecule has 0 saturated carbocycles. The minimum Gasteiger partial charge on any atom is -0.496 e. The fourth-order valence-electron chi connectivity index (χ4n) is 2.42. The summed E-state index contributed by atoms with van der Waals surface area (Å²) in [5.74, 6) is 0.931. The highest BCUT2D eigenvalue weighted by Gasteiger charge is 2.15. The Morgan fingerprint density at radius 2 is 1.81 bits per heavy atom. The minimum absolute atomic E-state index is 0.238. The number of halogens is 1. The third-order valence-electron chi connectivity index (χ3n) is 3.51. The molecule has 3 heteroatoms. The summed E-state index contributed by atoms with van der Waals surface area (Å²) in [7, 11) is 1.72. The summed E-state index contributed by atoms with van der Waals surface area (Å²) in [6.07, 6.45) is 2.02. The van der Waals surface area contributed by atoms with Gasteiger partial charge in [0.2, 0.25) is 0 Å². The normalized spacial score (nSPS) is 12.1. The van der Waals surface area contributed by atoms with Crippen molar-refractivity contribution in [3.05, 3.63) is 64.7 Å². The van der Waals surface area contributed by atoms with Crippen LogP contribution in [0.1, 0.15) is 30.5 Å². The maximum Gasteiger partial charge on any atom is 0.123 e. The highest BCUT2D eigenvalue weighted by Crippen LogP contribution is 2.27. The van der Waals surface area contributed by atoms with Gasteiger partial charge in [0.25, 0.3) is 0 Å². The van der Waals surface area contributed by atoms with Crippen molar-refractivity contribution >= 4 is 11.6 Å². The number of hydrogen-bond donors (Lipinski definition) is 1. The molecule has 0 aliphatic carbocycles. The Hall–Kier alpha value is -1.51. The first kappa shape index (κ1) is 15.9. The standard InChI is InChI=1S/C18H22ClNO/c1-3-12-20-17(13-14-8-10-15(19)11-9-14)16-6-4-5-7-18(16)21-2/h4-11,17,20H,3,12-13H2,1-2H3. The summed E-state index contributed by atoms with van der Waals surface area (Å²) >= 11 is 5.96. The topological polar surface area (TPSA) is 21.3 Å². The molecule has 0 radical (unpaired) electrons. The first-order valence-corrected chi connectivity index (χ1v) is 7.73. The van der Waals surface area contributed by atoms with Gasteiger partial charge in [-0.2, -0.15) is 0 Å². The molecule has 2 aromatic rings. The largest absolute Gasteiger partial charge is 0.496 e. The number of hydrogen-bond acceptors (Lipinski definition) is 2. The zero-order valence-electron chi connectivity index (χ0n) is 12.6. The van der Waals surface area contributed by atoms with E-state index in [1.54, 1.807) is 7.11 Å². The minimum atomic E-state index is 0.238. The molecule has 0 heterocycles. The van der Waals surface area contributed by atoms with Gasteiger partial charge in [-0.05, 0) is 43.1 Å². The molecular formula is C18H22ClNO. The highest BCUT2D eigenvalue weighted by atomic mass is 35.5. The van der Waals surface area contributed by atoms with E-state index in [2.05, 4.69) is 36.5 Å². The van der Waals surface area contributed by atoms with E-state index in [4.69, 9.17) is 16.3 Å². The van der Waals surface area contributed by atoms with Crippen molar-refractivity contribution in [3.8, 4) is 5.75 Å². The zero-order valence-corrected chi connectivity index (χ0v) is 13.4. The van der Waals surface area contributed by atoms with Crippen LogP contribution in [-0.2, 0) is 6.42 Å². The van der Waals surface area contributed by atoms with Crippen LogP contribution >= 0.6 is 11.6 Å². The van der Waals surface area contributed by atoms with E-state index in [1.165, 1.54) is 11.1 Å². The van der Waals surface area contributed by atoms with E-state index < -0.39 is 0 Å². The van der Waals surface area contributed by atoms with Crippen molar-refractivity contribution in [2.24, 2.45) is 0 Å². The first-order chi connectivity index (χ1) is 10.2. The van der Waals surface area contributed by atoms with Gasteiger partial charge in [-0.1, -0.05) is 48.9 Å². The van der Waals surface area contributed by atoms with Gasteiger partial charge in [-0.25, -0.2) is 0 Å². The molecule has 2 nitrogen and oxygen atoms in total. The summed E-state index contributed by atoms with van der Waals surface area (Å²) in [4.78, 5) is 0. The molecule has 2 aromatic carbocycles. The molecule has 0 saturated heterocycles. The van der Waals surface area contributed by atoms with Crippen molar-refractivity contribution in [1.29, 1.82) is 0 Å². The summed E-state index contributed by atoms with van der Waals surface area (Å²) < 4.78 is 5.50. The second kappa shape index (κ2) is 8.06. The van der Waals surface area contributed by atoms with Gasteiger partial charge in [-0.3, -0.25) is 0 Å². The fraction of sp³-hybridized carbons (Fsp3) is 0.333. The van der Waals surface area contributed by atoms with E-state index in [-0.39, 0.29) is 6.04 Å². The van der Waals surface area contributed by atoms with Crippen LogP contribution in [0.15, 0.2) is 48.5 Å². The molecule has 0 bridgehead atoms. The molecule has 2 rings (SSSR count). The molecule has 1 unspecified atom stereocenters. The summed E-state index contributed by atoms with van der Waals surface area (Å²) in [5.41, 5.74) is 2.46. The Kier molecular flexibility index (Phi) is 6.09. The maximum atomic E-state index is 5.96. The average molecular weight is 304 g/mol. The van der Waals surface area contributed by atoms with E-state index >= 15 is 0 Å². The van der Waals surface area contributed by atoms with Gasteiger partial charge in [0.15, 0.2) is 0 Å². The average Bonchev–Trinajstić information content (AvgIpc) is 2.53. The van der Waals surface area contributed by atoms with Crippen molar-refractivity contribution in [2.45, 2.75) is 25.8 Å². The molecule has 0 aliphatic rings. The number of nitrogens with one attached hydrogen (secondary N) is 1. The molecule has 0 fully saturated rings. The van der Waals surface area contributed by atoms with Crippen LogP contribution in [0.3, 0.4) is 0 Å². The molecule has 1 N–H and O–H groups in total. The summed E-state index contributed by atoms with van der Waals surface area (Å²) in [6, 6.07) is 16.5. The summed E-state index contributed by atoms with van der Waals surface area (Å²) in [5, 5.41) is 4.38. The monoisotopic (exact) mass is 303 g/mol. The number of rotatable bonds is 7. The van der Waals surface area contributed by atoms with Crippen LogP contribution in [0.25, 0.3) is 0 Å². The third-order valence-corrected chi connectivity index (χ3v) is 3.76. The second-order valence-electron chi connectivity index (χ2n) is 5.08. The predicted octanol–water partition coefficient (Wildman–Crippen LogP) is 4.63. The van der Waals surface area contributed by atoms with Crippen molar-refractivity contribution in [1.82, 2.24) is 5.32 Å². The van der Waals surface area contributed by atoms with Crippen LogP contribution in [0.2, 0.25) is 5.02 Å². The van der Waals surface area contributed by atoms with Crippen molar-refractivity contribution in [3.63, 3.8) is 0 Å². The van der Waals surface area contributed by atoms with Crippen LogP contribution in [0.4, 0.5) is 0 Å². The Labute approximate surface area is 132 Å². The lowest BCUT2D eigenvalue weighted by Gasteiger charge is -2.21. The SMILES string of the molecule is CCCNC(Cc1ccc(Cl)cc1)c1ccccc1OC. The molecule has 0 aromatic heterocycles. The molecule has 0 spiro atoms. The van der Waals surface area contributed by atoms with Crippen molar-refractivity contribution in [2.75, 3.05) is 13.7 Å². The van der Waals surface area contributed by atoms with Crippen molar-refractivity contribution < 1.29 is 4.74 Å². The quantitative estimate of drug-likeness (QED) is 0.805. The predicted molar refractivity (Wildman–Crippen MR) is 89.2 cm³/mol. The van der Waals surface area contributed by atoms with E-state index in [9.17, 15) is 0 Å². The fourth-order valence-corrected chi connectivity index (χ4v) is 2.55. The zero-order chi connectivity index (χ0) is 15.1. The third kappa shape index (κ3) is 4.48. The Morgan fingerprint density at radius 1 is 1.10 bits per heavy atom. The second-order valence-corrected chi connectivity index (χ2v) is 5.52. The number of methoxy groups -OCH3 is 1. The molecule has 112 valence electrons. The molecule has 0 aliphatic heterocycles. The molecule has 1 atom stereocenters. The Balaban J connectivity index is 2.23. The lowest BCUT2D eigenvalue weighted by atomic mass is 9.98. The lowest BCUT2D eigenvalue weighted by Crippen LogP contribution is -2.24. The van der Waals surface area contributed by atoms with Crippen LogP contribution in [0.5, 0.6) is 5.75 Å². The van der Waals surface area contributed by atoms with Crippen LogP contribution in [-0.4, -0.2) is 13.7 Å². The Morgan fingerprint density at radius 3 is 2.48 bits per heavy atom. The number of ether oxygens (including phenoxy) is 1.